The van der Waals surface area contributed by atoms with Crippen molar-refractivity contribution in [2.45, 2.75) is 51.4 Å². The molecule has 1 saturated carbocycles. The van der Waals surface area contributed by atoms with Crippen LogP contribution in [0.4, 0.5) is 0 Å². The third-order valence-corrected chi connectivity index (χ3v) is 4.36. The largest absolute Gasteiger partial charge is 0.294 e. The summed E-state index contributed by atoms with van der Waals surface area (Å²) >= 11 is 0. The van der Waals surface area contributed by atoms with Gasteiger partial charge < -0.3 is 0 Å². The van der Waals surface area contributed by atoms with E-state index in [4.69, 9.17) is 0 Å². The molecular weight excluding hydrogens is 208 g/mol. The fraction of sp³-hybridized carbons (Fsp3) is 0.562. The van der Waals surface area contributed by atoms with Crippen LogP contribution in [-0.2, 0) is 12.8 Å². The van der Waals surface area contributed by atoms with Crippen molar-refractivity contribution in [1.82, 2.24) is 0 Å². The summed E-state index contributed by atoms with van der Waals surface area (Å²) in [4.78, 5) is 12.3. The SMILES string of the molecule is O=C(c1ccc2c(c1)CCCC2)C1CCCC1. The van der Waals surface area contributed by atoms with Crippen molar-refractivity contribution in [2.24, 2.45) is 5.92 Å². The topological polar surface area (TPSA) is 17.1 Å². The van der Waals surface area contributed by atoms with Crippen LogP contribution in [0.3, 0.4) is 0 Å². The maximum Gasteiger partial charge on any atom is 0.165 e. The fourth-order valence-electron chi connectivity index (χ4n) is 3.31. The first-order valence-corrected chi connectivity index (χ1v) is 7.00. The summed E-state index contributed by atoms with van der Waals surface area (Å²) in [5.74, 6) is 0.715. The van der Waals surface area contributed by atoms with Crippen molar-refractivity contribution < 1.29 is 4.79 Å². The number of Topliss-reactive ketones (excluding diaryl/α,β-unsaturated/α-hetero) is 1. The van der Waals surface area contributed by atoms with Gasteiger partial charge in [-0.05, 0) is 55.7 Å². The monoisotopic (exact) mass is 228 g/mol. The standard InChI is InChI=1S/C16H20O/c17-16(13-6-2-3-7-13)15-10-9-12-5-1-4-8-14(12)11-15/h9-11,13H,1-8H2. The summed E-state index contributed by atoms with van der Waals surface area (Å²) in [6.07, 6.45) is 9.65. The molecule has 0 aromatic heterocycles. The Morgan fingerprint density at radius 1 is 0.941 bits per heavy atom. The van der Waals surface area contributed by atoms with Gasteiger partial charge in [0.05, 0.1) is 0 Å². The van der Waals surface area contributed by atoms with Crippen LogP contribution in [0.25, 0.3) is 0 Å². The van der Waals surface area contributed by atoms with Gasteiger partial charge >= 0.3 is 0 Å². The molecule has 0 heterocycles. The number of hydrogen-bond donors (Lipinski definition) is 0. The highest BCUT2D eigenvalue weighted by Crippen LogP contribution is 2.29. The summed E-state index contributed by atoms with van der Waals surface area (Å²) in [5, 5.41) is 0. The van der Waals surface area contributed by atoms with Gasteiger partial charge in [0.15, 0.2) is 5.78 Å². The lowest BCUT2D eigenvalue weighted by atomic mass is 9.87. The first kappa shape index (κ1) is 11.0. The van der Waals surface area contributed by atoms with Gasteiger partial charge in [-0.25, -0.2) is 0 Å². The summed E-state index contributed by atoms with van der Waals surface area (Å²) in [5.41, 5.74) is 3.87. The second-order valence-corrected chi connectivity index (χ2v) is 5.54. The Bertz CT molecular complexity index is 427. The number of fused-ring (bicyclic) bond motifs is 1. The highest BCUT2D eigenvalue weighted by molar-refractivity contribution is 5.98. The molecular formula is C16H20O. The maximum atomic E-state index is 12.3. The van der Waals surface area contributed by atoms with Crippen molar-refractivity contribution in [3.8, 4) is 0 Å². The van der Waals surface area contributed by atoms with Crippen molar-refractivity contribution in [2.75, 3.05) is 0 Å². The quantitative estimate of drug-likeness (QED) is 0.701. The number of hydrogen-bond acceptors (Lipinski definition) is 1. The summed E-state index contributed by atoms with van der Waals surface area (Å²) in [7, 11) is 0. The molecule has 0 atom stereocenters. The molecule has 90 valence electrons. The summed E-state index contributed by atoms with van der Waals surface area (Å²) in [6.45, 7) is 0. The van der Waals surface area contributed by atoms with E-state index in [9.17, 15) is 4.79 Å². The van der Waals surface area contributed by atoms with Gasteiger partial charge in [-0.3, -0.25) is 4.79 Å². The van der Waals surface area contributed by atoms with E-state index in [-0.39, 0.29) is 0 Å². The highest BCUT2D eigenvalue weighted by atomic mass is 16.1. The Labute approximate surface area is 103 Å². The van der Waals surface area contributed by atoms with Crippen molar-refractivity contribution >= 4 is 5.78 Å². The Morgan fingerprint density at radius 3 is 2.41 bits per heavy atom. The van der Waals surface area contributed by atoms with Gasteiger partial charge in [0.25, 0.3) is 0 Å². The number of carbonyl (C=O) groups excluding carboxylic acids is 1. The van der Waals surface area contributed by atoms with E-state index in [1.807, 2.05) is 0 Å². The van der Waals surface area contributed by atoms with E-state index >= 15 is 0 Å². The molecule has 3 rings (SSSR count). The molecule has 0 radical (unpaired) electrons. The molecule has 0 N–H and O–H groups in total. The third kappa shape index (κ3) is 2.15. The normalized spacial score (nSPS) is 20.2. The van der Waals surface area contributed by atoms with E-state index in [1.54, 1.807) is 0 Å². The molecule has 17 heavy (non-hydrogen) atoms. The van der Waals surface area contributed by atoms with E-state index in [2.05, 4.69) is 18.2 Å². The van der Waals surface area contributed by atoms with E-state index in [1.165, 1.54) is 49.7 Å². The minimum absolute atomic E-state index is 0.316. The number of benzene rings is 1. The Hall–Kier alpha value is -1.11. The number of aryl methyl sites for hydroxylation is 2. The molecule has 1 aromatic rings. The molecule has 2 aliphatic carbocycles. The van der Waals surface area contributed by atoms with Crippen LogP contribution >= 0.6 is 0 Å². The van der Waals surface area contributed by atoms with E-state index in [0.717, 1.165) is 18.4 Å². The fourth-order valence-corrected chi connectivity index (χ4v) is 3.31. The summed E-state index contributed by atoms with van der Waals surface area (Å²) < 4.78 is 0. The highest BCUT2D eigenvalue weighted by Gasteiger charge is 2.24. The lowest BCUT2D eigenvalue weighted by molar-refractivity contribution is 0.0922. The molecule has 1 heteroatoms. The molecule has 1 nitrogen and oxygen atoms in total. The van der Waals surface area contributed by atoms with Gasteiger partial charge in [0.2, 0.25) is 0 Å². The van der Waals surface area contributed by atoms with Crippen LogP contribution in [0, 0.1) is 5.92 Å². The predicted molar refractivity (Wildman–Crippen MR) is 69.4 cm³/mol. The van der Waals surface area contributed by atoms with Crippen LogP contribution < -0.4 is 0 Å². The zero-order valence-corrected chi connectivity index (χ0v) is 10.4. The average Bonchev–Trinajstić information content (AvgIpc) is 2.91. The van der Waals surface area contributed by atoms with Crippen LogP contribution in [0.5, 0.6) is 0 Å². The van der Waals surface area contributed by atoms with Crippen LogP contribution in [0.15, 0.2) is 18.2 Å². The molecule has 0 amide bonds. The second-order valence-electron chi connectivity index (χ2n) is 5.54. The van der Waals surface area contributed by atoms with Crippen LogP contribution in [0.2, 0.25) is 0 Å². The molecule has 1 aromatic carbocycles. The van der Waals surface area contributed by atoms with Crippen LogP contribution in [0.1, 0.15) is 60.0 Å². The molecule has 0 spiro atoms. The first-order valence-electron chi connectivity index (χ1n) is 7.00. The number of rotatable bonds is 2. The van der Waals surface area contributed by atoms with E-state index in [0.29, 0.717) is 11.7 Å². The summed E-state index contributed by atoms with van der Waals surface area (Å²) in [6, 6.07) is 6.43. The molecule has 2 aliphatic rings. The molecule has 0 bridgehead atoms. The zero-order chi connectivity index (χ0) is 11.7. The minimum atomic E-state index is 0.316. The van der Waals surface area contributed by atoms with Gasteiger partial charge in [0.1, 0.15) is 0 Å². The predicted octanol–water partition coefficient (Wildman–Crippen LogP) is 3.94. The first-order chi connectivity index (χ1) is 8.34. The maximum absolute atomic E-state index is 12.3. The number of carbonyl (C=O) groups is 1. The molecule has 0 aliphatic heterocycles. The van der Waals surface area contributed by atoms with Crippen molar-refractivity contribution in [3.05, 3.63) is 34.9 Å². The van der Waals surface area contributed by atoms with Crippen molar-refractivity contribution in [1.29, 1.82) is 0 Å². The molecule has 1 fully saturated rings. The smallest absolute Gasteiger partial charge is 0.165 e. The Balaban J connectivity index is 1.85. The van der Waals surface area contributed by atoms with E-state index < -0.39 is 0 Å². The molecule has 0 saturated heterocycles. The lowest BCUT2D eigenvalue weighted by Crippen LogP contribution is -2.12. The Morgan fingerprint density at radius 2 is 1.65 bits per heavy atom. The minimum Gasteiger partial charge on any atom is -0.294 e. The number of ketones is 1. The lowest BCUT2D eigenvalue weighted by Gasteiger charge is -2.17. The van der Waals surface area contributed by atoms with Crippen molar-refractivity contribution in [3.63, 3.8) is 0 Å². The second kappa shape index (κ2) is 4.64. The van der Waals surface area contributed by atoms with Gasteiger partial charge in [0, 0.05) is 11.5 Å². The average molecular weight is 228 g/mol. The van der Waals surface area contributed by atoms with Gasteiger partial charge in [-0.15, -0.1) is 0 Å². The van der Waals surface area contributed by atoms with Gasteiger partial charge in [-0.1, -0.05) is 25.0 Å². The zero-order valence-electron chi connectivity index (χ0n) is 10.4. The van der Waals surface area contributed by atoms with Crippen LogP contribution in [-0.4, -0.2) is 5.78 Å². The van der Waals surface area contributed by atoms with Gasteiger partial charge in [-0.2, -0.15) is 0 Å². The third-order valence-electron chi connectivity index (χ3n) is 4.36. The Kier molecular flexibility index (Phi) is 3.00. The molecule has 0 unspecified atom stereocenters.